The predicted molar refractivity (Wildman–Crippen MR) is 70.8 cm³/mol. The average Bonchev–Trinajstić information content (AvgIpc) is 2.30. The Balaban J connectivity index is 1.89. The summed E-state index contributed by atoms with van der Waals surface area (Å²) in [6.45, 7) is 5.36. The van der Waals surface area contributed by atoms with Gasteiger partial charge in [0.1, 0.15) is 0 Å². The van der Waals surface area contributed by atoms with Gasteiger partial charge in [-0.2, -0.15) is 11.8 Å². The normalized spacial score (nSPS) is 25.6. The number of hydrogen-bond donors (Lipinski definition) is 1. The quantitative estimate of drug-likeness (QED) is 0.873. The molecule has 16 heavy (non-hydrogen) atoms. The predicted octanol–water partition coefficient (Wildman–Crippen LogP) is 2.76. The van der Waals surface area contributed by atoms with Crippen LogP contribution in [0, 0.1) is 6.92 Å². The minimum atomic E-state index is 0.653. The van der Waals surface area contributed by atoms with Crippen LogP contribution < -0.4 is 5.32 Å². The van der Waals surface area contributed by atoms with Gasteiger partial charge in [-0.05, 0) is 37.1 Å². The van der Waals surface area contributed by atoms with Crippen LogP contribution in [0.3, 0.4) is 0 Å². The molecule has 88 valence electrons. The minimum absolute atomic E-state index is 0.653. The van der Waals surface area contributed by atoms with Gasteiger partial charge in [0.05, 0.1) is 5.69 Å². The molecule has 0 saturated carbocycles. The van der Waals surface area contributed by atoms with Gasteiger partial charge in [0.15, 0.2) is 0 Å². The Morgan fingerprint density at radius 3 is 3.19 bits per heavy atom. The Morgan fingerprint density at radius 2 is 2.44 bits per heavy atom. The second-order valence-electron chi connectivity index (χ2n) is 4.47. The van der Waals surface area contributed by atoms with Crippen LogP contribution in [-0.4, -0.2) is 22.0 Å². The zero-order valence-electron chi connectivity index (χ0n) is 10.1. The summed E-state index contributed by atoms with van der Waals surface area (Å²) in [4.78, 5) is 4.42. The topological polar surface area (TPSA) is 24.9 Å². The molecule has 3 heteroatoms. The number of thioether (sulfide) groups is 1. The van der Waals surface area contributed by atoms with Crippen molar-refractivity contribution in [2.24, 2.45) is 0 Å². The van der Waals surface area contributed by atoms with Crippen LogP contribution in [0.5, 0.6) is 0 Å². The van der Waals surface area contributed by atoms with E-state index in [2.05, 4.69) is 42.0 Å². The summed E-state index contributed by atoms with van der Waals surface area (Å²) in [6, 6.07) is 4.78. The molecule has 1 saturated heterocycles. The lowest BCUT2D eigenvalue weighted by Gasteiger charge is -2.29. The van der Waals surface area contributed by atoms with E-state index in [9.17, 15) is 0 Å². The highest BCUT2D eigenvalue weighted by Gasteiger charge is 2.21. The molecule has 2 unspecified atom stereocenters. The lowest BCUT2D eigenvalue weighted by atomic mass is 10.1. The van der Waals surface area contributed by atoms with Crippen molar-refractivity contribution in [1.82, 2.24) is 10.3 Å². The van der Waals surface area contributed by atoms with Crippen molar-refractivity contribution in [3.63, 3.8) is 0 Å². The molecule has 0 amide bonds. The molecule has 0 aromatic carbocycles. The van der Waals surface area contributed by atoms with Gasteiger partial charge in [-0.15, -0.1) is 0 Å². The molecule has 2 heterocycles. The summed E-state index contributed by atoms with van der Waals surface area (Å²) in [6.07, 6.45) is 4.52. The number of aromatic nitrogens is 1. The maximum atomic E-state index is 4.42. The summed E-state index contributed by atoms with van der Waals surface area (Å²) in [7, 11) is 0. The van der Waals surface area contributed by atoms with Crippen molar-refractivity contribution < 1.29 is 0 Å². The van der Waals surface area contributed by atoms with Crippen LogP contribution in [0.4, 0.5) is 0 Å². The van der Waals surface area contributed by atoms with E-state index in [-0.39, 0.29) is 0 Å². The zero-order chi connectivity index (χ0) is 11.4. The maximum absolute atomic E-state index is 4.42. The van der Waals surface area contributed by atoms with Crippen molar-refractivity contribution in [1.29, 1.82) is 0 Å². The van der Waals surface area contributed by atoms with Crippen molar-refractivity contribution in [3.8, 4) is 0 Å². The molecular weight excluding hydrogens is 216 g/mol. The molecular formula is C13H20N2S. The highest BCUT2D eigenvalue weighted by Crippen LogP contribution is 2.25. The number of nitrogens with zero attached hydrogens (tertiary/aromatic N) is 1. The molecule has 0 bridgehead atoms. The third-order valence-electron chi connectivity index (χ3n) is 3.26. The van der Waals surface area contributed by atoms with E-state index in [1.807, 2.05) is 12.3 Å². The second-order valence-corrected chi connectivity index (χ2v) is 5.96. The average molecular weight is 236 g/mol. The third-order valence-corrected chi connectivity index (χ3v) is 4.64. The summed E-state index contributed by atoms with van der Waals surface area (Å²) < 4.78 is 0. The van der Waals surface area contributed by atoms with E-state index in [1.54, 1.807) is 0 Å². The van der Waals surface area contributed by atoms with Gasteiger partial charge in [-0.1, -0.05) is 13.0 Å². The van der Waals surface area contributed by atoms with Crippen LogP contribution in [-0.2, 0) is 6.54 Å². The van der Waals surface area contributed by atoms with Gasteiger partial charge in [-0.25, -0.2) is 0 Å². The fourth-order valence-electron chi connectivity index (χ4n) is 2.12. The van der Waals surface area contributed by atoms with Gasteiger partial charge in [0.25, 0.3) is 0 Å². The van der Waals surface area contributed by atoms with E-state index in [0.717, 1.165) is 11.8 Å². The number of rotatable bonds is 3. The first-order valence-electron chi connectivity index (χ1n) is 6.03. The number of aryl methyl sites for hydroxylation is 1. The number of hydrogen-bond acceptors (Lipinski definition) is 3. The van der Waals surface area contributed by atoms with Gasteiger partial charge in [-0.3, -0.25) is 4.98 Å². The minimum Gasteiger partial charge on any atom is -0.307 e. The monoisotopic (exact) mass is 236 g/mol. The maximum Gasteiger partial charge on any atom is 0.0570 e. The molecule has 0 radical (unpaired) electrons. The zero-order valence-corrected chi connectivity index (χ0v) is 10.9. The molecule has 2 atom stereocenters. The molecule has 1 N–H and O–H groups in total. The molecule has 0 aliphatic carbocycles. The Morgan fingerprint density at radius 1 is 1.56 bits per heavy atom. The Labute approximate surface area is 102 Å². The van der Waals surface area contributed by atoms with Gasteiger partial charge in [0, 0.05) is 24.0 Å². The molecule has 0 spiro atoms. The van der Waals surface area contributed by atoms with Gasteiger partial charge >= 0.3 is 0 Å². The number of pyridine rings is 1. The molecule has 1 aromatic rings. The molecule has 2 rings (SSSR count). The summed E-state index contributed by atoms with van der Waals surface area (Å²) in [5, 5.41) is 4.38. The van der Waals surface area contributed by atoms with Crippen molar-refractivity contribution >= 4 is 11.8 Å². The first kappa shape index (κ1) is 11.9. The Kier molecular flexibility index (Phi) is 4.24. The van der Waals surface area contributed by atoms with Crippen LogP contribution in [0.15, 0.2) is 18.3 Å². The van der Waals surface area contributed by atoms with Crippen molar-refractivity contribution in [3.05, 3.63) is 29.6 Å². The summed E-state index contributed by atoms with van der Waals surface area (Å²) >= 11 is 2.08. The standard InChI is InChI=1S/C13H20N2S/c1-10-5-3-7-14-13(10)9-15-12-6-4-8-16-11(12)2/h3,5,7,11-12,15H,4,6,8-9H2,1-2H3. The van der Waals surface area contributed by atoms with E-state index in [4.69, 9.17) is 0 Å². The first-order chi connectivity index (χ1) is 7.77. The van der Waals surface area contributed by atoms with Crippen molar-refractivity contribution in [2.75, 3.05) is 5.75 Å². The second kappa shape index (κ2) is 5.69. The molecule has 1 aromatic heterocycles. The Hall–Kier alpha value is -0.540. The van der Waals surface area contributed by atoms with Crippen LogP contribution in [0.2, 0.25) is 0 Å². The largest absolute Gasteiger partial charge is 0.307 e. The molecule has 1 fully saturated rings. The van der Waals surface area contributed by atoms with Crippen LogP contribution in [0.1, 0.15) is 31.0 Å². The molecule has 1 aliphatic rings. The van der Waals surface area contributed by atoms with Gasteiger partial charge < -0.3 is 5.32 Å². The van der Waals surface area contributed by atoms with E-state index in [0.29, 0.717) is 6.04 Å². The van der Waals surface area contributed by atoms with Crippen LogP contribution in [0.25, 0.3) is 0 Å². The van der Waals surface area contributed by atoms with E-state index in [1.165, 1.54) is 29.9 Å². The van der Waals surface area contributed by atoms with Gasteiger partial charge in [0.2, 0.25) is 0 Å². The highest BCUT2D eigenvalue weighted by atomic mass is 32.2. The van der Waals surface area contributed by atoms with E-state index >= 15 is 0 Å². The summed E-state index contributed by atoms with van der Waals surface area (Å²) in [5.41, 5.74) is 2.47. The fourth-order valence-corrected chi connectivity index (χ4v) is 3.29. The SMILES string of the molecule is Cc1cccnc1CNC1CCCSC1C. The lowest BCUT2D eigenvalue weighted by molar-refractivity contribution is 0.458. The smallest absolute Gasteiger partial charge is 0.0570 e. The molecule has 1 aliphatic heterocycles. The van der Waals surface area contributed by atoms with E-state index < -0.39 is 0 Å². The fraction of sp³-hybridized carbons (Fsp3) is 0.615. The Bertz CT molecular complexity index is 340. The first-order valence-corrected chi connectivity index (χ1v) is 7.07. The van der Waals surface area contributed by atoms with Crippen molar-refractivity contribution in [2.45, 2.75) is 44.5 Å². The van der Waals surface area contributed by atoms with Crippen LogP contribution >= 0.6 is 11.8 Å². The number of nitrogens with one attached hydrogen (secondary N) is 1. The lowest BCUT2D eigenvalue weighted by Crippen LogP contribution is -2.39. The molecule has 2 nitrogen and oxygen atoms in total. The summed E-state index contributed by atoms with van der Waals surface area (Å²) in [5.74, 6) is 1.32. The highest BCUT2D eigenvalue weighted by molar-refractivity contribution is 7.99. The third kappa shape index (κ3) is 2.98.